The molecule has 0 fully saturated rings. The zero-order chi connectivity index (χ0) is 12.6. The van der Waals surface area contributed by atoms with E-state index < -0.39 is 4.92 Å². The predicted molar refractivity (Wildman–Crippen MR) is 62.5 cm³/mol. The Morgan fingerprint density at radius 1 is 1.41 bits per heavy atom. The first-order valence-electron chi connectivity index (χ1n) is 4.84. The van der Waals surface area contributed by atoms with Crippen LogP contribution in [-0.2, 0) is 0 Å². The Morgan fingerprint density at radius 3 is 2.65 bits per heavy atom. The second-order valence-electron chi connectivity index (χ2n) is 3.60. The first-order valence-corrected chi connectivity index (χ1v) is 5.21. The number of hydrogen-bond donors (Lipinski definition) is 0. The quantitative estimate of drug-likeness (QED) is 0.608. The molecule has 6 nitrogen and oxygen atoms in total. The van der Waals surface area contributed by atoms with E-state index in [4.69, 9.17) is 11.6 Å². The topological polar surface area (TPSA) is 73.8 Å². The van der Waals surface area contributed by atoms with Crippen molar-refractivity contribution in [3.63, 3.8) is 0 Å². The van der Waals surface area contributed by atoms with Gasteiger partial charge in [0.1, 0.15) is 10.8 Å². The number of benzene rings is 1. The van der Waals surface area contributed by atoms with Crippen LogP contribution in [0.5, 0.6) is 0 Å². The lowest BCUT2D eigenvalue weighted by Crippen LogP contribution is -2.00. The van der Waals surface area contributed by atoms with Crippen LogP contribution in [0.3, 0.4) is 0 Å². The Labute approximate surface area is 102 Å². The second kappa shape index (κ2) is 4.14. The summed E-state index contributed by atoms with van der Waals surface area (Å²) in [6.07, 6.45) is 0. The van der Waals surface area contributed by atoms with Crippen LogP contribution in [-0.4, -0.2) is 19.9 Å². The summed E-state index contributed by atoms with van der Waals surface area (Å²) in [6.45, 7) is 3.47. The average molecular weight is 253 g/mol. The van der Waals surface area contributed by atoms with Crippen molar-refractivity contribution in [1.29, 1.82) is 0 Å². The molecule has 2 rings (SSSR count). The highest BCUT2D eigenvalue weighted by Gasteiger charge is 2.20. The van der Waals surface area contributed by atoms with Gasteiger partial charge in [-0.1, -0.05) is 17.7 Å². The highest BCUT2D eigenvalue weighted by Crippen LogP contribution is 2.22. The maximum Gasteiger partial charge on any atom is 0.413 e. The summed E-state index contributed by atoms with van der Waals surface area (Å²) < 4.78 is 1.39. The molecule has 0 aliphatic heterocycles. The van der Waals surface area contributed by atoms with Crippen molar-refractivity contribution in [2.75, 3.05) is 0 Å². The van der Waals surface area contributed by atoms with Gasteiger partial charge >= 0.3 is 5.82 Å². The van der Waals surface area contributed by atoms with Gasteiger partial charge in [-0.25, -0.2) is 0 Å². The molecule has 2 aromatic rings. The molecule has 7 heteroatoms. The average Bonchev–Trinajstić information content (AvgIpc) is 2.64. The van der Waals surface area contributed by atoms with Crippen molar-refractivity contribution >= 4 is 17.4 Å². The highest BCUT2D eigenvalue weighted by molar-refractivity contribution is 6.31. The van der Waals surface area contributed by atoms with Crippen molar-refractivity contribution in [1.82, 2.24) is 15.0 Å². The zero-order valence-corrected chi connectivity index (χ0v) is 9.97. The second-order valence-corrected chi connectivity index (χ2v) is 4.01. The lowest BCUT2D eigenvalue weighted by Gasteiger charge is -2.03. The molecule has 0 aliphatic rings. The SMILES string of the molecule is Cc1ccc(-n2nnc([N+](=O)[O-])c2C)cc1Cl. The van der Waals surface area contributed by atoms with Crippen LogP contribution in [0.2, 0.25) is 5.02 Å². The number of rotatable bonds is 2. The number of halogens is 1. The Bertz CT molecular complexity index is 594. The van der Waals surface area contributed by atoms with Crippen molar-refractivity contribution in [2.45, 2.75) is 13.8 Å². The Kier molecular flexibility index (Phi) is 2.81. The summed E-state index contributed by atoms with van der Waals surface area (Å²) in [5.41, 5.74) is 1.95. The molecule has 0 saturated carbocycles. The molecule has 88 valence electrons. The maximum absolute atomic E-state index is 10.7. The molecule has 1 aromatic heterocycles. The predicted octanol–water partition coefficient (Wildman–Crippen LogP) is 2.45. The van der Waals surface area contributed by atoms with Gasteiger partial charge in [-0.05, 0) is 36.5 Å². The summed E-state index contributed by atoms with van der Waals surface area (Å²) >= 11 is 5.99. The molecule has 1 aromatic carbocycles. The van der Waals surface area contributed by atoms with Crippen LogP contribution in [0, 0.1) is 24.0 Å². The molecular formula is C10H9ClN4O2. The first kappa shape index (κ1) is 11.5. The van der Waals surface area contributed by atoms with Gasteiger partial charge < -0.3 is 10.1 Å². The Balaban J connectivity index is 2.53. The molecular weight excluding hydrogens is 244 g/mol. The standard InChI is InChI=1S/C10H9ClN4O2/c1-6-3-4-8(5-9(6)11)14-7(2)10(12-13-14)15(16)17/h3-5H,1-2H3. The van der Waals surface area contributed by atoms with E-state index >= 15 is 0 Å². The van der Waals surface area contributed by atoms with Crippen molar-refractivity contribution in [3.05, 3.63) is 44.6 Å². The fourth-order valence-electron chi connectivity index (χ4n) is 1.45. The third-order valence-electron chi connectivity index (χ3n) is 2.44. The van der Waals surface area contributed by atoms with Gasteiger partial charge in [0.25, 0.3) is 0 Å². The molecule has 0 bridgehead atoms. The smallest absolute Gasteiger partial charge is 0.358 e. The minimum Gasteiger partial charge on any atom is -0.358 e. The summed E-state index contributed by atoms with van der Waals surface area (Å²) in [4.78, 5) is 10.1. The van der Waals surface area contributed by atoms with Crippen LogP contribution in [0.4, 0.5) is 5.82 Å². The molecule has 1 heterocycles. The molecule has 0 N–H and O–H groups in total. The zero-order valence-electron chi connectivity index (χ0n) is 9.22. The van der Waals surface area contributed by atoms with E-state index in [0.717, 1.165) is 5.56 Å². The number of nitro groups is 1. The molecule has 0 saturated heterocycles. The Hall–Kier alpha value is -1.95. The van der Waals surface area contributed by atoms with E-state index in [9.17, 15) is 10.1 Å². The van der Waals surface area contributed by atoms with Crippen LogP contribution in [0.15, 0.2) is 18.2 Å². The van der Waals surface area contributed by atoms with Crippen LogP contribution in [0.25, 0.3) is 5.69 Å². The molecule has 0 amide bonds. The monoisotopic (exact) mass is 252 g/mol. The van der Waals surface area contributed by atoms with Crippen LogP contribution < -0.4 is 0 Å². The van der Waals surface area contributed by atoms with Gasteiger partial charge in [-0.2, -0.15) is 4.68 Å². The molecule has 0 aliphatic carbocycles. The summed E-state index contributed by atoms with van der Waals surface area (Å²) in [7, 11) is 0. The third kappa shape index (κ3) is 1.99. The minimum absolute atomic E-state index is 0.248. The van der Waals surface area contributed by atoms with Gasteiger partial charge in [-0.15, -0.1) is 0 Å². The van der Waals surface area contributed by atoms with Crippen molar-refractivity contribution in [3.8, 4) is 5.69 Å². The maximum atomic E-state index is 10.7. The molecule has 0 spiro atoms. The third-order valence-corrected chi connectivity index (χ3v) is 2.85. The van der Waals surface area contributed by atoms with Crippen molar-refractivity contribution in [2.24, 2.45) is 0 Å². The van der Waals surface area contributed by atoms with E-state index in [1.807, 2.05) is 13.0 Å². The van der Waals surface area contributed by atoms with Gasteiger partial charge in [0.15, 0.2) is 0 Å². The van der Waals surface area contributed by atoms with Gasteiger partial charge in [0.05, 0.1) is 10.9 Å². The van der Waals surface area contributed by atoms with E-state index in [-0.39, 0.29) is 5.82 Å². The van der Waals surface area contributed by atoms with Gasteiger partial charge in [0.2, 0.25) is 0 Å². The lowest BCUT2D eigenvalue weighted by molar-refractivity contribution is -0.390. The number of nitrogens with zero attached hydrogens (tertiary/aromatic N) is 4. The summed E-state index contributed by atoms with van der Waals surface area (Å²) in [5.74, 6) is -0.248. The fraction of sp³-hybridized carbons (Fsp3) is 0.200. The highest BCUT2D eigenvalue weighted by atomic mass is 35.5. The van der Waals surface area contributed by atoms with E-state index in [2.05, 4.69) is 10.3 Å². The van der Waals surface area contributed by atoms with Crippen molar-refractivity contribution < 1.29 is 4.92 Å². The van der Waals surface area contributed by atoms with E-state index in [1.165, 1.54) is 4.68 Å². The van der Waals surface area contributed by atoms with E-state index in [0.29, 0.717) is 16.4 Å². The fourth-order valence-corrected chi connectivity index (χ4v) is 1.62. The molecule has 0 unspecified atom stereocenters. The van der Waals surface area contributed by atoms with E-state index in [1.54, 1.807) is 19.1 Å². The molecule has 0 radical (unpaired) electrons. The summed E-state index contributed by atoms with van der Waals surface area (Å²) in [5, 5.41) is 18.5. The van der Waals surface area contributed by atoms with Crippen LogP contribution >= 0.6 is 11.6 Å². The lowest BCUT2D eigenvalue weighted by atomic mass is 10.2. The van der Waals surface area contributed by atoms with Gasteiger partial charge in [-0.3, -0.25) is 0 Å². The number of aromatic nitrogens is 3. The van der Waals surface area contributed by atoms with Gasteiger partial charge in [0, 0.05) is 5.02 Å². The number of hydrogen-bond acceptors (Lipinski definition) is 4. The minimum atomic E-state index is -0.561. The number of aryl methyl sites for hydroxylation is 1. The molecule has 0 atom stereocenters. The summed E-state index contributed by atoms with van der Waals surface area (Å²) in [6, 6.07) is 5.31. The Morgan fingerprint density at radius 2 is 2.12 bits per heavy atom. The normalized spacial score (nSPS) is 10.5. The van der Waals surface area contributed by atoms with Crippen LogP contribution in [0.1, 0.15) is 11.3 Å². The first-order chi connectivity index (χ1) is 8.00. The largest absolute Gasteiger partial charge is 0.413 e. The molecule has 17 heavy (non-hydrogen) atoms.